The van der Waals surface area contributed by atoms with Gasteiger partial charge in [0.15, 0.2) is 0 Å². The fraction of sp³-hybridized carbons (Fsp3) is 0.462. The van der Waals surface area contributed by atoms with Crippen LogP contribution in [0.5, 0.6) is 0 Å². The van der Waals surface area contributed by atoms with Gasteiger partial charge in [0.1, 0.15) is 0 Å². The van der Waals surface area contributed by atoms with E-state index in [0.717, 1.165) is 25.9 Å². The first-order chi connectivity index (χ1) is 8.61. The Hall–Kier alpha value is -0.770. The molecule has 1 N–H and O–H groups in total. The summed E-state index contributed by atoms with van der Waals surface area (Å²) in [7, 11) is 1.96. The number of carbonyl (C=O) groups is 1. The third-order valence-electron chi connectivity index (χ3n) is 3.35. The molecule has 5 heteroatoms. The number of carbonyl (C=O) groups excluding carboxylic acids is 1. The average Bonchev–Trinajstić information content (AvgIpc) is 2.38. The molecule has 1 heterocycles. The van der Waals surface area contributed by atoms with Gasteiger partial charge in [0.2, 0.25) is 0 Å². The van der Waals surface area contributed by atoms with E-state index in [9.17, 15) is 4.79 Å². The number of amides is 1. The summed E-state index contributed by atoms with van der Waals surface area (Å²) in [5.74, 6) is -0.00813. The van der Waals surface area contributed by atoms with Crippen LogP contribution >= 0.6 is 23.2 Å². The lowest BCUT2D eigenvalue weighted by atomic mass is 10.0. The highest BCUT2D eigenvalue weighted by atomic mass is 35.5. The summed E-state index contributed by atoms with van der Waals surface area (Å²) >= 11 is 11.9. The van der Waals surface area contributed by atoms with E-state index >= 15 is 0 Å². The van der Waals surface area contributed by atoms with Gasteiger partial charge in [0.05, 0.1) is 10.6 Å². The third-order valence-corrected chi connectivity index (χ3v) is 3.90. The molecule has 18 heavy (non-hydrogen) atoms. The SMILES string of the molecule is CNC1CCN(C(=O)c2ccc(Cl)cc2Cl)CC1. The molecule has 0 bridgehead atoms. The van der Waals surface area contributed by atoms with Crippen molar-refractivity contribution in [2.24, 2.45) is 0 Å². The molecule has 1 aliphatic heterocycles. The van der Waals surface area contributed by atoms with Gasteiger partial charge in [-0.05, 0) is 38.1 Å². The zero-order chi connectivity index (χ0) is 13.1. The minimum absolute atomic E-state index is 0.00813. The lowest BCUT2D eigenvalue weighted by Crippen LogP contribution is -2.44. The van der Waals surface area contributed by atoms with Gasteiger partial charge in [-0.25, -0.2) is 0 Å². The average molecular weight is 287 g/mol. The predicted molar refractivity (Wildman–Crippen MR) is 74.4 cm³/mol. The molecule has 98 valence electrons. The van der Waals surface area contributed by atoms with E-state index in [1.165, 1.54) is 0 Å². The van der Waals surface area contributed by atoms with Crippen LogP contribution in [-0.2, 0) is 0 Å². The van der Waals surface area contributed by atoms with Crippen molar-refractivity contribution in [2.75, 3.05) is 20.1 Å². The lowest BCUT2D eigenvalue weighted by molar-refractivity contribution is 0.0707. The molecule has 3 nitrogen and oxygen atoms in total. The lowest BCUT2D eigenvalue weighted by Gasteiger charge is -2.32. The van der Waals surface area contributed by atoms with Crippen LogP contribution in [0.15, 0.2) is 18.2 Å². The highest BCUT2D eigenvalue weighted by Crippen LogP contribution is 2.23. The van der Waals surface area contributed by atoms with E-state index in [1.54, 1.807) is 18.2 Å². The standard InChI is InChI=1S/C13H16Cl2N2O/c1-16-10-4-6-17(7-5-10)13(18)11-3-2-9(14)8-12(11)15/h2-3,8,10,16H,4-7H2,1H3. The summed E-state index contributed by atoms with van der Waals surface area (Å²) in [6, 6.07) is 5.50. The van der Waals surface area contributed by atoms with Gasteiger partial charge in [0, 0.05) is 24.2 Å². The molecule has 0 saturated carbocycles. The fourth-order valence-corrected chi connectivity index (χ4v) is 2.69. The predicted octanol–water partition coefficient (Wildman–Crippen LogP) is 2.82. The first kappa shape index (κ1) is 13.7. The second-order valence-corrected chi connectivity index (χ2v) is 5.32. The summed E-state index contributed by atoms with van der Waals surface area (Å²) in [6.45, 7) is 1.53. The Morgan fingerprint density at radius 2 is 2.00 bits per heavy atom. The van der Waals surface area contributed by atoms with Gasteiger partial charge in [-0.3, -0.25) is 4.79 Å². The van der Waals surface area contributed by atoms with Gasteiger partial charge in [0.25, 0.3) is 5.91 Å². The largest absolute Gasteiger partial charge is 0.338 e. The molecule has 0 radical (unpaired) electrons. The first-order valence-corrected chi connectivity index (χ1v) is 6.79. The van der Waals surface area contributed by atoms with E-state index < -0.39 is 0 Å². The van der Waals surface area contributed by atoms with Crippen LogP contribution in [0.2, 0.25) is 10.0 Å². The zero-order valence-electron chi connectivity index (χ0n) is 10.2. The number of nitrogens with zero attached hydrogens (tertiary/aromatic N) is 1. The Morgan fingerprint density at radius 1 is 1.33 bits per heavy atom. The minimum atomic E-state index is -0.00813. The van der Waals surface area contributed by atoms with E-state index in [4.69, 9.17) is 23.2 Å². The number of likely N-dealkylation sites (tertiary alicyclic amines) is 1. The molecule has 0 aliphatic carbocycles. The Morgan fingerprint density at radius 3 is 2.56 bits per heavy atom. The summed E-state index contributed by atoms with van der Waals surface area (Å²) < 4.78 is 0. The van der Waals surface area contributed by atoms with Crippen LogP contribution in [0.1, 0.15) is 23.2 Å². The van der Waals surface area contributed by atoms with Crippen molar-refractivity contribution >= 4 is 29.1 Å². The van der Waals surface area contributed by atoms with Crippen molar-refractivity contribution in [1.82, 2.24) is 10.2 Å². The molecule has 1 aromatic rings. The van der Waals surface area contributed by atoms with Crippen LogP contribution in [-0.4, -0.2) is 37.0 Å². The van der Waals surface area contributed by atoms with Crippen molar-refractivity contribution in [3.63, 3.8) is 0 Å². The second kappa shape index (κ2) is 5.91. The Balaban J connectivity index is 2.08. The third kappa shape index (κ3) is 2.97. The Bertz CT molecular complexity index is 443. The van der Waals surface area contributed by atoms with Gasteiger partial charge in [-0.2, -0.15) is 0 Å². The number of benzene rings is 1. The Kier molecular flexibility index (Phi) is 4.49. The molecule has 0 aromatic heterocycles. The number of piperidine rings is 1. The Labute approximate surface area is 117 Å². The topological polar surface area (TPSA) is 32.3 Å². The van der Waals surface area contributed by atoms with E-state index in [-0.39, 0.29) is 5.91 Å². The molecule has 0 atom stereocenters. The van der Waals surface area contributed by atoms with Crippen LogP contribution < -0.4 is 5.32 Å². The summed E-state index contributed by atoms with van der Waals surface area (Å²) in [6.07, 6.45) is 1.96. The quantitative estimate of drug-likeness (QED) is 0.907. The second-order valence-electron chi connectivity index (χ2n) is 4.48. The van der Waals surface area contributed by atoms with Crippen molar-refractivity contribution < 1.29 is 4.79 Å². The molecule has 1 amide bonds. The van der Waals surface area contributed by atoms with E-state index in [2.05, 4.69) is 5.32 Å². The molecule has 1 aromatic carbocycles. The molecule has 1 saturated heterocycles. The van der Waals surface area contributed by atoms with Crippen LogP contribution in [0.4, 0.5) is 0 Å². The smallest absolute Gasteiger partial charge is 0.255 e. The highest BCUT2D eigenvalue weighted by molar-refractivity contribution is 6.36. The molecule has 1 aliphatic rings. The van der Waals surface area contributed by atoms with Crippen molar-refractivity contribution in [2.45, 2.75) is 18.9 Å². The van der Waals surface area contributed by atoms with Gasteiger partial charge >= 0.3 is 0 Å². The van der Waals surface area contributed by atoms with Crippen molar-refractivity contribution in [3.8, 4) is 0 Å². The summed E-state index contributed by atoms with van der Waals surface area (Å²) in [5.41, 5.74) is 0.531. The van der Waals surface area contributed by atoms with Crippen LogP contribution in [0, 0.1) is 0 Å². The molecule has 2 rings (SSSR count). The van der Waals surface area contributed by atoms with E-state index in [0.29, 0.717) is 21.7 Å². The number of hydrogen-bond acceptors (Lipinski definition) is 2. The summed E-state index contributed by atoms with van der Waals surface area (Å²) in [4.78, 5) is 14.2. The normalized spacial score (nSPS) is 16.9. The maximum Gasteiger partial charge on any atom is 0.255 e. The molecule has 1 fully saturated rings. The maximum atomic E-state index is 12.3. The number of rotatable bonds is 2. The molecular weight excluding hydrogens is 271 g/mol. The van der Waals surface area contributed by atoms with Crippen LogP contribution in [0.25, 0.3) is 0 Å². The van der Waals surface area contributed by atoms with Gasteiger partial charge < -0.3 is 10.2 Å². The number of hydrogen-bond donors (Lipinski definition) is 1. The zero-order valence-corrected chi connectivity index (χ0v) is 11.8. The first-order valence-electron chi connectivity index (χ1n) is 6.03. The molecule has 0 unspecified atom stereocenters. The maximum absolute atomic E-state index is 12.3. The summed E-state index contributed by atoms with van der Waals surface area (Å²) in [5, 5.41) is 4.21. The van der Waals surface area contributed by atoms with Crippen LogP contribution in [0.3, 0.4) is 0 Å². The molecule has 0 spiro atoms. The monoisotopic (exact) mass is 286 g/mol. The highest BCUT2D eigenvalue weighted by Gasteiger charge is 2.23. The van der Waals surface area contributed by atoms with E-state index in [1.807, 2.05) is 11.9 Å². The molecular formula is C13H16Cl2N2O. The van der Waals surface area contributed by atoms with Gasteiger partial charge in [-0.1, -0.05) is 23.2 Å². The van der Waals surface area contributed by atoms with Crippen molar-refractivity contribution in [1.29, 1.82) is 0 Å². The number of halogens is 2. The fourth-order valence-electron chi connectivity index (χ4n) is 2.20. The minimum Gasteiger partial charge on any atom is -0.338 e. The van der Waals surface area contributed by atoms with Gasteiger partial charge in [-0.15, -0.1) is 0 Å². The van der Waals surface area contributed by atoms with Crippen molar-refractivity contribution in [3.05, 3.63) is 33.8 Å². The number of nitrogens with one attached hydrogen (secondary N) is 1.